The van der Waals surface area contributed by atoms with Gasteiger partial charge in [-0.2, -0.15) is 0 Å². The molecular weight excluding hydrogens is 651 g/mol. The third-order valence-electron chi connectivity index (χ3n) is 12.7. The predicted octanol–water partition coefficient (Wildman–Crippen LogP) is 18.6. The fourth-order valence-corrected chi connectivity index (χ4v) is 8.93. The van der Waals surface area contributed by atoms with Gasteiger partial charge in [0, 0.05) is 18.1 Å². The zero-order chi connectivity index (χ0) is 38.7. The van der Waals surface area contributed by atoms with E-state index in [-0.39, 0.29) is 0 Å². The second-order valence-electron chi connectivity index (χ2n) is 18.2. The molecule has 54 heavy (non-hydrogen) atoms. The molecule has 0 aliphatic heterocycles. The van der Waals surface area contributed by atoms with E-state index in [1.54, 1.807) is 5.56 Å². The molecule has 0 aliphatic rings. The van der Waals surface area contributed by atoms with Crippen LogP contribution in [0.2, 0.25) is 0 Å². The first kappa shape index (κ1) is 51.2. The lowest BCUT2D eigenvalue weighted by Gasteiger charge is -2.16. The number of pyridine rings is 1. The van der Waals surface area contributed by atoms with Gasteiger partial charge in [0.1, 0.15) is 6.54 Å². The van der Waals surface area contributed by atoms with Crippen molar-refractivity contribution in [3.05, 3.63) is 30.1 Å². The molecule has 1 aromatic heterocycles. The second-order valence-corrected chi connectivity index (χ2v) is 18.2. The van der Waals surface area contributed by atoms with Crippen LogP contribution in [-0.4, -0.2) is 0 Å². The first-order valence-electron chi connectivity index (χ1n) is 25.8. The zero-order valence-corrected chi connectivity index (χ0v) is 37.9. The van der Waals surface area contributed by atoms with E-state index < -0.39 is 0 Å². The average Bonchev–Trinajstić information content (AvgIpc) is 3.18. The molecule has 0 saturated carbocycles. The molecule has 1 heterocycles. The molecule has 1 atom stereocenters. The molecule has 1 rings (SSSR count). The summed E-state index contributed by atoms with van der Waals surface area (Å²) in [6.07, 6.45) is 67.1. The van der Waals surface area contributed by atoms with Gasteiger partial charge in [-0.15, -0.1) is 0 Å². The minimum absolute atomic E-state index is 0.955. The van der Waals surface area contributed by atoms with Crippen LogP contribution in [0.5, 0.6) is 0 Å². The summed E-state index contributed by atoms with van der Waals surface area (Å²) in [6.45, 7) is 8.17. The lowest BCUT2D eigenvalue weighted by molar-refractivity contribution is -0.697. The van der Waals surface area contributed by atoms with Gasteiger partial charge in [0.15, 0.2) is 12.4 Å². The van der Waals surface area contributed by atoms with Crippen LogP contribution in [0.25, 0.3) is 0 Å². The summed E-state index contributed by atoms with van der Waals surface area (Å²) in [7, 11) is 0. The minimum atomic E-state index is 0.955. The van der Waals surface area contributed by atoms with Crippen molar-refractivity contribution in [1.82, 2.24) is 0 Å². The van der Waals surface area contributed by atoms with Crippen LogP contribution in [0, 0.1) is 5.92 Å². The van der Waals surface area contributed by atoms with Gasteiger partial charge in [-0.1, -0.05) is 271 Å². The van der Waals surface area contributed by atoms with E-state index in [4.69, 9.17) is 0 Å². The van der Waals surface area contributed by atoms with Gasteiger partial charge in [-0.3, -0.25) is 0 Å². The lowest BCUT2D eigenvalue weighted by atomic mass is 9.90. The predicted molar refractivity (Wildman–Crippen MR) is 245 cm³/mol. The summed E-state index contributed by atoms with van der Waals surface area (Å²) in [6, 6.07) is 4.69. The van der Waals surface area contributed by atoms with Crippen molar-refractivity contribution < 1.29 is 4.57 Å². The van der Waals surface area contributed by atoms with Crippen molar-refractivity contribution in [3.8, 4) is 0 Å². The molecule has 1 heteroatoms. The Hall–Kier alpha value is -0.850. The van der Waals surface area contributed by atoms with Crippen LogP contribution in [0.1, 0.15) is 296 Å². The fourth-order valence-electron chi connectivity index (χ4n) is 8.93. The molecule has 0 spiro atoms. The number of aromatic nitrogens is 1. The summed E-state index contributed by atoms with van der Waals surface area (Å²) in [4.78, 5) is 0. The summed E-state index contributed by atoms with van der Waals surface area (Å²) in [5, 5.41) is 0. The van der Waals surface area contributed by atoms with Gasteiger partial charge in [0.2, 0.25) is 0 Å². The number of hydrogen-bond acceptors (Lipinski definition) is 0. The Morgan fingerprint density at radius 3 is 1.00 bits per heavy atom. The van der Waals surface area contributed by atoms with E-state index in [0.29, 0.717) is 0 Å². The monoisotopic (exact) mass is 753 g/mol. The summed E-state index contributed by atoms with van der Waals surface area (Å²) >= 11 is 0. The van der Waals surface area contributed by atoms with Crippen molar-refractivity contribution in [1.29, 1.82) is 0 Å². The number of aryl methyl sites for hydroxylation is 2. The zero-order valence-electron chi connectivity index (χ0n) is 37.9. The van der Waals surface area contributed by atoms with E-state index in [2.05, 4.69) is 49.9 Å². The highest BCUT2D eigenvalue weighted by atomic mass is 14.9. The Kier molecular flexibility index (Phi) is 41.0. The topological polar surface area (TPSA) is 3.88 Å². The van der Waals surface area contributed by atoms with Crippen LogP contribution in [0.4, 0.5) is 0 Å². The van der Waals surface area contributed by atoms with E-state index in [1.807, 2.05) is 0 Å². The van der Waals surface area contributed by atoms with Crippen LogP contribution < -0.4 is 4.57 Å². The molecular formula is C53H102N+. The van der Waals surface area contributed by atoms with Crippen molar-refractivity contribution in [2.24, 2.45) is 5.92 Å². The minimum Gasteiger partial charge on any atom is -0.205 e. The van der Waals surface area contributed by atoms with Crippen LogP contribution in [0.15, 0.2) is 24.5 Å². The molecule has 1 unspecified atom stereocenters. The Labute approximate surface area is 342 Å². The van der Waals surface area contributed by atoms with Crippen molar-refractivity contribution in [2.75, 3.05) is 0 Å². The highest BCUT2D eigenvalue weighted by Crippen LogP contribution is 2.24. The van der Waals surface area contributed by atoms with Gasteiger partial charge in [0.05, 0.1) is 0 Å². The third kappa shape index (κ3) is 36.8. The number of unbranched alkanes of at least 4 members (excludes halogenated alkanes) is 35. The Morgan fingerprint density at radius 2 is 0.648 bits per heavy atom. The van der Waals surface area contributed by atoms with Gasteiger partial charge < -0.3 is 0 Å². The highest BCUT2D eigenvalue weighted by molar-refractivity contribution is 5.05. The largest absolute Gasteiger partial charge is 0.205 e. The first-order valence-corrected chi connectivity index (χ1v) is 25.8. The SMILES string of the molecule is CCCCCCCCCCCCCCCCCc1ccc[n+](CCCC(CCCCCCCCCC)CCCCCCCCCCCCCCCCC)c1. The average molecular weight is 753 g/mol. The Balaban J connectivity index is 2.20. The van der Waals surface area contributed by atoms with E-state index in [1.165, 1.54) is 283 Å². The molecule has 0 bridgehead atoms. The smallest absolute Gasteiger partial charge is 0.171 e. The van der Waals surface area contributed by atoms with Gasteiger partial charge >= 0.3 is 0 Å². The summed E-state index contributed by atoms with van der Waals surface area (Å²) in [5.74, 6) is 0.955. The van der Waals surface area contributed by atoms with Crippen LogP contribution in [-0.2, 0) is 13.0 Å². The summed E-state index contributed by atoms with van der Waals surface area (Å²) in [5.41, 5.74) is 1.56. The molecule has 318 valence electrons. The molecule has 0 N–H and O–H groups in total. The molecule has 0 radical (unpaired) electrons. The maximum absolute atomic E-state index is 2.52. The van der Waals surface area contributed by atoms with Gasteiger partial charge in [-0.05, 0) is 31.2 Å². The molecule has 0 fully saturated rings. The standard InChI is InChI=1S/C53H102N/c1-4-7-10-13-16-19-21-23-25-27-29-31-34-37-40-45-52(44-39-36-33-18-15-12-9-6-3)47-42-49-54-50-43-48-53(51-54)46-41-38-35-32-30-28-26-24-22-20-17-14-11-8-5-2/h43,48,50-52H,4-42,44-47,49H2,1-3H3/q+1. The second kappa shape index (κ2) is 43.3. The van der Waals surface area contributed by atoms with Crippen LogP contribution >= 0.6 is 0 Å². The lowest BCUT2D eigenvalue weighted by Crippen LogP contribution is -2.33. The molecule has 0 amide bonds. The molecule has 0 saturated heterocycles. The maximum Gasteiger partial charge on any atom is 0.171 e. The quantitative estimate of drug-likeness (QED) is 0.0461. The third-order valence-corrected chi connectivity index (χ3v) is 12.7. The van der Waals surface area contributed by atoms with Crippen LogP contribution in [0.3, 0.4) is 0 Å². The number of nitrogens with zero attached hydrogens (tertiary/aromatic N) is 1. The fraction of sp³-hybridized carbons (Fsp3) is 0.906. The molecule has 1 nitrogen and oxygen atoms in total. The molecule has 1 aromatic rings. The van der Waals surface area contributed by atoms with Crippen molar-refractivity contribution in [2.45, 2.75) is 303 Å². The highest BCUT2D eigenvalue weighted by Gasteiger charge is 2.11. The Bertz CT molecular complexity index is 830. The number of hydrogen-bond donors (Lipinski definition) is 0. The molecule has 0 aromatic carbocycles. The normalized spacial score (nSPS) is 12.2. The van der Waals surface area contributed by atoms with Gasteiger partial charge in [0.25, 0.3) is 0 Å². The maximum atomic E-state index is 2.52. The van der Waals surface area contributed by atoms with Crippen molar-refractivity contribution in [3.63, 3.8) is 0 Å². The number of rotatable bonds is 45. The van der Waals surface area contributed by atoms with E-state index >= 15 is 0 Å². The first-order chi connectivity index (χ1) is 26.8. The summed E-state index contributed by atoms with van der Waals surface area (Å²) < 4.78 is 2.52. The van der Waals surface area contributed by atoms with E-state index in [0.717, 1.165) is 5.92 Å². The van der Waals surface area contributed by atoms with Gasteiger partial charge in [-0.25, -0.2) is 4.57 Å². The van der Waals surface area contributed by atoms with Crippen molar-refractivity contribution >= 4 is 0 Å². The molecule has 0 aliphatic carbocycles. The Morgan fingerprint density at radius 1 is 0.352 bits per heavy atom. The van der Waals surface area contributed by atoms with E-state index in [9.17, 15) is 0 Å².